The first-order chi connectivity index (χ1) is 9.78. The van der Waals surface area contributed by atoms with E-state index < -0.39 is 0 Å². The third-order valence-corrected chi connectivity index (χ3v) is 5.43. The number of carbonyl (C=O) groups is 1. The number of hydrogen-bond donors (Lipinski definition) is 0. The fourth-order valence-corrected chi connectivity index (χ4v) is 4.23. The molecule has 0 saturated heterocycles. The SMILES string of the molecule is Cc1csc(C(C)n2c(C)cc3c2CC(C)(C)CC3=O)n1. The maximum Gasteiger partial charge on any atom is 0.165 e. The van der Waals surface area contributed by atoms with Crippen LogP contribution < -0.4 is 0 Å². The first-order valence-electron chi connectivity index (χ1n) is 7.44. The quantitative estimate of drug-likeness (QED) is 0.827. The number of aryl methyl sites for hydroxylation is 2. The Labute approximate surface area is 130 Å². The number of nitrogens with zero attached hydrogens (tertiary/aromatic N) is 2. The summed E-state index contributed by atoms with van der Waals surface area (Å²) in [6, 6.07) is 2.25. The van der Waals surface area contributed by atoms with Crippen molar-refractivity contribution in [2.45, 2.75) is 53.5 Å². The normalized spacial score (nSPS) is 18.6. The number of carbonyl (C=O) groups excluding carboxylic acids is 1. The van der Waals surface area contributed by atoms with Gasteiger partial charge < -0.3 is 4.57 Å². The molecule has 1 unspecified atom stereocenters. The molecule has 2 aromatic heterocycles. The van der Waals surface area contributed by atoms with Crippen molar-refractivity contribution in [3.05, 3.63) is 39.1 Å². The maximum absolute atomic E-state index is 12.4. The number of fused-ring (bicyclic) bond motifs is 1. The molecular formula is C17H22N2OS. The van der Waals surface area contributed by atoms with Crippen molar-refractivity contribution in [3.63, 3.8) is 0 Å². The zero-order valence-corrected chi connectivity index (χ0v) is 14.2. The fourth-order valence-electron chi connectivity index (χ4n) is 3.39. The second-order valence-corrected chi connectivity index (χ2v) is 7.85. The van der Waals surface area contributed by atoms with Crippen LogP contribution in [-0.4, -0.2) is 15.3 Å². The van der Waals surface area contributed by atoms with E-state index in [1.165, 1.54) is 5.69 Å². The lowest BCUT2D eigenvalue weighted by atomic mass is 9.76. The van der Waals surface area contributed by atoms with Crippen molar-refractivity contribution < 1.29 is 4.79 Å². The number of ketones is 1. The summed E-state index contributed by atoms with van der Waals surface area (Å²) < 4.78 is 2.31. The summed E-state index contributed by atoms with van der Waals surface area (Å²) in [6.07, 6.45) is 1.60. The molecule has 3 rings (SSSR count). The van der Waals surface area contributed by atoms with Crippen LogP contribution in [0.1, 0.15) is 65.7 Å². The second-order valence-electron chi connectivity index (χ2n) is 6.96. The van der Waals surface area contributed by atoms with Crippen LogP contribution in [0.25, 0.3) is 0 Å². The molecule has 0 N–H and O–H groups in total. The molecule has 0 fully saturated rings. The Morgan fingerprint density at radius 2 is 2.05 bits per heavy atom. The molecule has 0 aliphatic heterocycles. The first-order valence-corrected chi connectivity index (χ1v) is 8.32. The Hall–Kier alpha value is -1.42. The monoisotopic (exact) mass is 302 g/mol. The topological polar surface area (TPSA) is 34.9 Å². The van der Waals surface area contributed by atoms with Crippen molar-refractivity contribution in [1.29, 1.82) is 0 Å². The Morgan fingerprint density at radius 3 is 2.67 bits per heavy atom. The molecule has 0 aromatic carbocycles. The molecule has 0 amide bonds. The standard InChI is InChI=1S/C17H22N2OS/c1-10-9-21-16(18-10)12(3)19-11(2)6-13-14(19)7-17(4,5)8-15(13)20/h6,9,12H,7-8H2,1-5H3. The highest BCUT2D eigenvalue weighted by Gasteiger charge is 2.35. The van der Waals surface area contributed by atoms with Gasteiger partial charge in [-0.2, -0.15) is 0 Å². The molecule has 0 saturated carbocycles. The summed E-state index contributed by atoms with van der Waals surface area (Å²) in [5.74, 6) is 0.283. The van der Waals surface area contributed by atoms with Gasteiger partial charge in [0.05, 0.1) is 6.04 Å². The van der Waals surface area contributed by atoms with E-state index in [0.29, 0.717) is 6.42 Å². The van der Waals surface area contributed by atoms with Gasteiger partial charge in [-0.25, -0.2) is 4.98 Å². The zero-order valence-electron chi connectivity index (χ0n) is 13.4. The lowest BCUT2D eigenvalue weighted by Crippen LogP contribution is -2.28. The van der Waals surface area contributed by atoms with Crippen molar-refractivity contribution in [1.82, 2.24) is 9.55 Å². The molecule has 4 heteroatoms. The number of thiazole rings is 1. The molecule has 3 nitrogen and oxygen atoms in total. The van der Waals surface area contributed by atoms with Crippen LogP contribution in [-0.2, 0) is 6.42 Å². The molecule has 0 radical (unpaired) electrons. The molecule has 1 aliphatic rings. The molecule has 112 valence electrons. The summed E-state index contributed by atoms with van der Waals surface area (Å²) in [5.41, 5.74) is 4.38. The van der Waals surface area contributed by atoms with E-state index in [1.807, 2.05) is 6.92 Å². The third kappa shape index (κ3) is 2.46. The van der Waals surface area contributed by atoms with E-state index in [1.54, 1.807) is 11.3 Å². The average molecular weight is 302 g/mol. The molecule has 0 bridgehead atoms. The Balaban J connectivity index is 2.10. The van der Waals surface area contributed by atoms with Gasteiger partial charge in [0.15, 0.2) is 5.78 Å². The van der Waals surface area contributed by atoms with Gasteiger partial charge in [-0.15, -0.1) is 11.3 Å². The largest absolute Gasteiger partial charge is 0.339 e. The lowest BCUT2D eigenvalue weighted by molar-refractivity contribution is 0.0909. The summed E-state index contributed by atoms with van der Waals surface area (Å²) in [4.78, 5) is 17.0. The minimum Gasteiger partial charge on any atom is -0.339 e. The first kappa shape index (κ1) is 14.5. The van der Waals surface area contributed by atoms with Crippen molar-refractivity contribution in [2.75, 3.05) is 0 Å². The van der Waals surface area contributed by atoms with E-state index in [-0.39, 0.29) is 17.2 Å². The highest BCUT2D eigenvalue weighted by Crippen LogP contribution is 2.38. The van der Waals surface area contributed by atoms with Crippen LogP contribution in [0.4, 0.5) is 0 Å². The summed E-state index contributed by atoms with van der Waals surface area (Å²) >= 11 is 1.70. The highest BCUT2D eigenvalue weighted by molar-refractivity contribution is 7.09. The molecule has 2 heterocycles. The highest BCUT2D eigenvalue weighted by atomic mass is 32.1. The van der Waals surface area contributed by atoms with Crippen LogP contribution in [0, 0.1) is 19.3 Å². The zero-order chi connectivity index (χ0) is 15.4. The van der Waals surface area contributed by atoms with Crippen molar-refractivity contribution >= 4 is 17.1 Å². The molecular weight excluding hydrogens is 280 g/mol. The minimum atomic E-state index is 0.0468. The number of Topliss-reactive ketones (excluding diaryl/α,β-unsaturated/α-hetero) is 1. The Morgan fingerprint density at radius 1 is 1.33 bits per heavy atom. The summed E-state index contributed by atoms with van der Waals surface area (Å²) in [5, 5.41) is 3.21. The van der Waals surface area contributed by atoms with Crippen LogP contribution in [0.2, 0.25) is 0 Å². The van der Waals surface area contributed by atoms with E-state index in [2.05, 4.69) is 48.7 Å². The predicted octanol–water partition coefficient (Wildman–Crippen LogP) is 4.33. The Kier molecular flexibility index (Phi) is 3.32. The van der Waals surface area contributed by atoms with Gasteiger partial charge in [0.2, 0.25) is 0 Å². The second kappa shape index (κ2) is 4.80. The number of hydrogen-bond acceptors (Lipinski definition) is 3. The maximum atomic E-state index is 12.4. The molecule has 21 heavy (non-hydrogen) atoms. The van der Waals surface area contributed by atoms with Gasteiger partial charge in [0, 0.05) is 34.4 Å². The number of aromatic nitrogens is 2. The molecule has 0 spiro atoms. The summed E-state index contributed by atoms with van der Waals surface area (Å²) in [7, 11) is 0. The average Bonchev–Trinajstić information content (AvgIpc) is 2.91. The van der Waals surface area contributed by atoms with E-state index in [0.717, 1.165) is 28.4 Å². The smallest absolute Gasteiger partial charge is 0.165 e. The minimum absolute atomic E-state index is 0.0468. The van der Waals surface area contributed by atoms with Gasteiger partial charge in [-0.05, 0) is 38.7 Å². The lowest BCUT2D eigenvalue weighted by Gasteiger charge is -2.31. The van der Waals surface area contributed by atoms with E-state index >= 15 is 0 Å². The fraction of sp³-hybridized carbons (Fsp3) is 0.529. The van der Waals surface area contributed by atoms with Crippen LogP contribution in [0.3, 0.4) is 0 Å². The van der Waals surface area contributed by atoms with Crippen LogP contribution in [0.15, 0.2) is 11.4 Å². The van der Waals surface area contributed by atoms with Crippen LogP contribution in [0.5, 0.6) is 0 Å². The third-order valence-electron chi connectivity index (χ3n) is 4.30. The van der Waals surface area contributed by atoms with Gasteiger partial charge >= 0.3 is 0 Å². The molecule has 1 aliphatic carbocycles. The van der Waals surface area contributed by atoms with Crippen molar-refractivity contribution in [3.8, 4) is 0 Å². The van der Waals surface area contributed by atoms with Gasteiger partial charge in [-0.3, -0.25) is 4.79 Å². The summed E-state index contributed by atoms with van der Waals surface area (Å²) in [6.45, 7) is 10.7. The predicted molar refractivity (Wildman–Crippen MR) is 86.3 cm³/mol. The van der Waals surface area contributed by atoms with Gasteiger partial charge in [0.1, 0.15) is 5.01 Å². The van der Waals surface area contributed by atoms with E-state index in [9.17, 15) is 4.79 Å². The molecule has 1 atom stereocenters. The van der Waals surface area contributed by atoms with E-state index in [4.69, 9.17) is 0 Å². The van der Waals surface area contributed by atoms with Gasteiger partial charge in [0.25, 0.3) is 0 Å². The Bertz CT molecular complexity index is 708. The molecule has 2 aromatic rings. The van der Waals surface area contributed by atoms with Crippen molar-refractivity contribution in [2.24, 2.45) is 5.41 Å². The van der Waals surface area contributed by atoms with Gasteiger partial charge in [-0.1, -0.05) is 13.8 Å². The number of rotatable bonds is 2. The van der Waals surface area contributed by atoms with Crippen LogP contribution >= 0.6 is 11.3 Å².